The van der Waals surface area contributed by atoms with E-state index in [1.54, 1.807) is 0 Å². The summed E-state index contributed by atoms with van der Waals surface area (Å²) < 4.78 is 7.50. The number of morpholine rings is 1. The molecule has 2 saturated heterocycles. The van der Waals surface area contributed by atoms with Gasteiger partial charge in [0.15, 0.2) is 5.69 Å². The Kier molecular flexibility index (Phi) is 5.16. The van der Waals surface area contributed by atoms with Crippen molar-refractivity contribution in [3.05, 3.63) is 35.3 Å². The average Bonchev–Trinajstić information content (AvgIpc) is 3.27. The quantitative estimate of drug-likeness (QED) is 0.810. The second kappa shape index (κ2) is 7.58. The SMILES string of the molecule is Cc1cccn2c(CN(C)[C@@H]3CCN(C)C3)c(C(=O)N3CCOCC3)nc12. The van der Waals surface area contributed by atoms with Gasteiger partial charge in [-0.15, -0.1) is 0 Å². The van der Waals surface area contributed by atoms with Crippen LogP contribution in [0.15, 0.2) is 18.3 Å². The lowest BCUT2D eigenvalue weighted by Crippen LogP contribution is -2.41. The summed E-state index contributed by atoms with van der Waals surface area (Å²) >= 11 is 0. The largest absolute Gasteiger partial charge is 0.378 e. The molecular formula is C20H29N5O2. The highest BCUT2D eigenvalue weighted by molar-refractivity contribution is 5.94. The van der Waals surface area contributed by atoms with Gasteiger partial charge in [0, 0.05) is 38.4 Å². The second-order valence-corrected chi connectivity index (χ2v) is 7.82. The highest BCUT2D eigenvalue weighted by Crippen LogP contribution is 2.22. The molecule has 2 fully saturated rings. The molecule has 2 aromatic heterocycles. The smallest absolute Gasteiger partial charge is 0.274 e. The Morgan fingerprint density at radius 2 is 2.11 bits per heavy atom. The van der Waals surface area contributed by atoms with Crippen molar-refractivity contribution in [2.24, 2.45) is 0 Å². The third-order valence-electron chi connectivity index (χ3n) is 5.83. The summed E-state index contributed by atoms with van der Waals surface area (Å²) in [6.45, 7) is 7.42. The molecule has 0 bridgehead atoms. The van der Waals surface area contributed by atoms with Crippen molar-refractivity contribution in [1.82, 2.24) is 24.1 Å². The number of pyridine rings is 1. The Morgan fingerprint density at radius 1 is 1.33 bits per heavy atom. The number of hydrogen-bond donors (Lipinski definition) is 0. The fraction of sp³-hybridized carbons (Fsp3) is 0.600. The minimum Gasteiger partial charge on any atom is -0.378 e. The second-order valence-electron chi connectivity index (χ2n) is 7.82. The zero-order valence-electron chi connectivity index (χ0n) is 16.5. The molecule has 1 amide bonds. The van der Waals surface area contributed by atoms with Gasteiger partial charge in [-0.2, -0.15) is 0 Å². The molecule has 2 aliphatic heterocycles. The van der Waals surface area contributed by atoms with Crippen LogP contribution in [0, 0.1) is 6.92 Å². The van der Waals surface area contributed by atoms with E-state index in [-0.39, 0.29) is 5.91 Å². The van der Waals surface area contributed by atoms with E-state index in [0.29, 0.717) is 44.6 Å². The Balaban J connectivity index is 1.68. The Hall–Kier alpha value is -1.96. The maximum absolute atomic E-state index is 13.2. The number of amides is 1. The molecule has 4 rings (SSSR count). The van der Waals surface area contributed by atoms with Crippen molar-refractivity contribution in [3.8, 4) is 0 Å². The molecule has 0 aromatic carbocycles. The van der Waals surface area contributed by atoms with Gasteiger partial charge in [-0.1, -0.05) is 6.07 Å². The number of imidazole rings is 1. The number of aromatic nitrogens is 2. The van der Waals surface area contributed by atoms with Crippen LogP contribution in [-0.4, -0.2) is 89.5 Å². The first kappa shape index (κ1) is 18.4. The van der Waals surface area contributed by atoms with Crippen LogP contribution < -0.4 is 0 Å². The molecule has 0 radical (unpaired) electrons. The molecular weight excluding hydrogens is 342 g/mol. The maximum atomic E-state index is 13.2. The number of aryl methyl sites for hydroxylation is 1. The summed E-state index contributed by atoms with van der Waals surface area (Å²) in [4.78, 5) is 24.6. The van der Waals surface area contributed by atoms with Crippen molar-refractivity contribution in [3.63, 3.8) is 0 Å². The summed E-state index contributed by atoms with van der Waals surface area (Å²) in [6.07, 6.45) is 3.19. The summed E-state index contributed by atoms with van der Waals surface area (Å²) in [5.41, 5.74) is 3.54. The maximum Gasteiger partial charge on any atom is 0.274 e. The lowest BCUT2D eigenvalue weighted by atomic mass is 10.2. The highest BCUT2D eigenvalue weighted by atomic mass is 16.5. The third kappa shape index (κ3) is 3.59. The minimum absolute atomic E-state index is 0.0216. The Bertz CT molecular complexity index is 827. The van der Waals surface area contributed by atoms with Crippen LogP contribution in [0.3, 0.4) is 0 Å². The molecule has 27 heavy (non-hydrogen) atoms. The summed E-state index contributed by atoms with van der Waals surface area (Å²) in [5, 5.41) is 0. The number of likely N-dealkylation sites (tertiary alicyclic amines) is 1. The molecule has 0 N–H and O–H groups in total. The molecule has 1 atom stereocenters. The number of ether oxygens (including phenoxy) is 1. The first-order valence-electron chi connectivity index (χ1n) is 9.77. The van der Waals surface area contributed by atoms with E-state index in [4.69, 9.17) is 9.72 Å². The van der Waals surface area contributed by atoms with Crippen molar-refractivity contribution < 1.29 is 9.53 Å². The minimum atomic E-state index is 0.0216. The molecule has 7 nitrogen and oxygen atoms in total. The van der Waals surface area contributed by atoms with E-state index < -0.39 is 0 Å². The van der Waals surface area contributed by atoms with Gasteiger partial charge >= 0.3 is 0 Å². The molecule has 0 unspecified atom stereocenters. The van der Waals surface area contributed by atoms with E-state index >= 15 is 0 Å². The highest BCUT2D eigenvalue weighted by Gasteiger charge is 2.29. The molecule has 2 aromatic rings. The van der Waals surface area contributed by atoms with Crippen LogP contribution in [0.25, 0.3) is 5.65 Å². The van der Waals surface area contributed by atoms with Gasteiger partial charge in [-0.3, -0.25) is 9.69 Å². The molecule has 2 aliphatic rings. The van der Waals surface area contributed by atoms with Gasteiger partial charge in [-0.25, -0.2) is 4.98 Å². The van der Waals surface area contributed by atoms with E-state index in [2.05, 4.69) is 28.3 Å². The molecule has 146 valence electrons. The third-order valence-corrected chi connectivity index (χ3v) is 5.83. The molecule has 0 saturated carbocycles. The van der Waals surface area contributed by atoms with Crippen LogP contribution >= 0.6 is 0 Å². The average molecular weight is 371 g/mol. The van der Waals surface area contributed by atoms with Crippen LogP contribution in [0.4, 0.5) is 0 Å². The van der Waals surface area contributed by atoms with Gasteiger partial charge in [-0.05, 0) is 45.6 Å². The van der Waals surface area contributed by atoms with Crippen LogP contribution in [0.2, 0.25) is 0 Å². The van der Waals surface area contributed by atoms with Crippen LogP contribution in [0.1, 0.15) is 28.2 Å². The topological polar surface area (TPSA) is 53.3 Å². The zero-order chi connectivity index (χ0) is 19.0. The standard InChI is InChI=1S/C20H29N5O2/c1-15-5-4-7-25-17(14-23(3)16-6-8-22(2)13-16)18(21-19(15)25)20(26)24-9-11-27-12-10-24/h4-5,7,16H,6,8-14H2,1-3H3/t16-/m1/s1. The normalized spacial score (nSPS) is 21.5. The van der Waals surface area contributed by atoms with Crippen LogP contribution in [0.5, 0.6) is 0 Å². The molecule has 0 spiro atoms. The van der Waals surface area contributed by atoms with Crippen molar-refractivity contribution in [2.45, 2.75) is 25.9 Å². The van der Waals surface area contributed by atoms with Crippen LogP contribution in [-0.2, 0) is 11.3 Å². The predicted octanol–water partition coefficient (Wildman–Crippen LogP) is 1.25. The first-order chi connectivity index (χ1) is 13.0. The number of likely N-dealkylation sites (N-methyl/N-ethyl adjacent to an activating group) is 2. The molecule has 4 heterocycles. The van der Waals surface area contributed by atoms with E-state index in [1.165, 1.54) is 0 Å². The van der Waals surface area contributed by atoms with Crippen molar-refractivity contribution in [1.29, 1.82) is 0 Å². The number of fused-ring (bicyclic) bond motifs is 1. The summed E-state index contributed by atoms with van der Waals surface area (Å²) in [6, 6.07) is 4.58. The number of carbonyl (C=O) groups excluding carboxylic acids is 1. The fourth-order valence-electron chi connectivity index (χ4n) is 4.13. The monoisotopic (exact) mass is 371 g/mol. The van der Waals surface area contributed by atoms with Gasteiger partial charge in [0.2, 0.25) is 0 Å². The van der Waals surface area contributed by atoms with E-state index in [9.17, 15) is 4.79 Å². The van der Waals surface area contributed by atoms with Crippen molar-refractivity contribution >= 4 is 11.6 Å². The fourth-order valence-corrected chi connectivity index (χ4v) is 4.13. The van der Waals surface area contributed by atoms with Crippen molar-refractivity contribution in [2.75, 3.05) is 53.5 Å². The summed E-state index contributed by atoms with van der Waals surface area (Å²) in [5.74, 6) is 0.0216. The van der Waals surface area contributed by atoms with E-state index in [1.807, 2.05) is 30.2 Å². The van der Waals surface area contributed by atoms with Gasteiger partial charge in [0.1, 0.15) is 5.65 Å². The molecule has 0 aliphatic carbocycles. The first-order valence-corrected chi connectivity index (χ1v) is 9.77. The predicted molar refractivity (Wildman–Crippen MR) is 104 cm³/mol. The van der Waals surface area contributed by atoms with Gasteiger partial charge < -0.3 is 18.9 Å². The zero-order valence-corrected chi connectivity index (χ0v) is 16.5. The van der Waals surface area contributed by atoms with Gasteiger partial charge in [0.05, 0.1) is 18.9 Å². The van der Waals surface area contributed by atoms with E-state index in [0.717, 1.165) is 36.4 Å². The van der Waals surface area contributed by atoms with Gasteiger partial charge in [0.25, 0.3) is 5.91 Å². The lowest BCUT2D eigenvalue weighted by Gasteiger charge is -2.27. The number of carbonyl (C=O) groups is 1. The molecule has 7 heteroatoms. The lowest BCUT2D eigenvalue weighted by molar-refractivity contribution is 0.0298. The summed E-state index contributed by atoms with van der Waals surface area (Å²) in [7, 11) is 4.32. The number of nitrogens with zero attached hydrogens (tertiary/aromatic N) is 5. The Labute approximate surface area is 160 Å². The Morgan fingerprint density at radius 3 is 2.81 bits per heavy atom. The number of hydrogen-bond acceptors (Lipinski definition) is 5. The number of rotatable bonds is 4.